The van der Waals surface area contributed by atoms with Crippen molar-refractivity contribution in [1.29, 1.82) is 0 Å². The molecule has 2 aromatic heterocycles. The minimum atomic E-state index is 0.162. The summed E-state index contributed by atoms with van der Waals surface area (Å²) in [6.07, 6.45) is 9.12. The summed E-state index contributed by atoms with van der Waals surface area (Å²) in [5, 5.41) is 9.98. The summed E-state index contributed by atoms with van der Waals surface area (Å²) in [7, 11) is 0. The van der Waals surface area contributed by atoms with Crippen molar-refractivity contribution in [2.45, 2.75) is 12.0 Å². The molecule has 3 heterocycles. The quantitative estimate of drug-likeness (QED) is 0.170. The number of anilines is 2. The molecule has 0 saturated carbocycles. The van der Waals surface area contributed by atoms with Crippen molar-refractivity contribution in [2.75, 3.05) is 4.90 Å². The van der Waals surface area contributed by atoms with Crippen LogP contribution in [0.5, 0.6) is 0 Å². The second-order valence-corrected chi connectivity index (χ2v) is 14.8. The normalized spacial score (nSPS) is 16.0. The molecule has 0 fully saturated rings. The zero-order valence-corrected chi connectivity index (χ0v) is 30.3. The monoisotopic (exact) mass is 715 g/mol. The van der Waals surface area contributed by atoms with E-state index in [2.05, 4.69) is 161 Å². The lowest BCUT2D eigenvalue weighted by Gasteiger charge is -2.29. The number of hydrogen-bond acceptors (Lipinski definition) is 4. The molecule has 0 bridgehead atoms. The molecule has 1 aliphatic carbocycles. The molecule has 2 atom stereocenters. The van der Waals surface area contributed by atoms with E-state index in [0.29, 0.717) is 17.6 Å². The summed E-state index contributed by atoms with van der Waals surface area (Å²) in [5.74, 6) is 2.12. The Morgan fingerprint density at radius 1 is 0.429 bits per heavy atom. The lowest BCUT2D eigenvalue weighted by molar-refractivity contribution is 0.745. The zero-order chi connectivity index (χ0) is 36.7. The van der Waals surface area contributed by atoms with E-state index in [1.54, 1.807) is 0 Å². The molecule has 0 N–H and O–H groups in total. The van der Waals surface area contributed by atoms with Gasteiger partial charge in [-0.1, -0.05) is 152 Å². The van der Waals surface area contributed by atoms with Gasteiger partial charge in [-0.15, -0.1) is 0 Å². The Kier molecular flexibility index (Phi) is 6.69. The summed E-state index contributed by atoms with van der Waals surface area (Å²) in [4.78, 5) is 17.8. The first-order valence-electron chi connectivity index (χ1n) is 19.2. The highest BCUT2D eigenvalue weighted by atomic mass is 15.2. The van der Waals surface area contributed by atoms with Gasteiger partial charge >= 0.3 is 0 Å². The van der Waals surface area contributed by atoms with Crippen molar-refractivity contribution < 1.29 is 0 Å². The Hall–Kier alpha value is -7.37. The first kappa shape index (κ1) is 31.0. The Morgan fingerprint density at radius 2 is 1.07 bits per heavy atom. The molecule has 0 amide bonds. The number of nitrogens with zero attached hydrogens (tertiary/aromatic N) is 5. The van der Waals surface area contributed by atoms with Crippen LogP contribution in [0.1, 0.15) is 11.5 Å². The number of fused-ring (bicyclic) bond motifs is 11. The maximum Gasteiger partial charge on any atom is 0.238 e. The SMILES string of the molecule is C1=CC2c3cc4ccc5c6ccccc6ccc5c4cc3N(c3ccc4c(c3)c3ccccc3n4-c3nc(-c4ccccc4)nc(-c4ccccc4)n3)C2C=C1. The Bertz CT molecular complexity index is 3210. The average molecular weight is 716 g/mol. The van der Waals surface area contributed by atoms with Crippen molar-refractivity contribution in [3.8, 4) is 28.7 Å². The van der Waals surface area contributed by atoms with E-state index in [0.717, 1.165) is 38.6 Å². The Labute approximate surface area is 323 Å². The second-order valence-electron chi connectivity index (χ2n) is 14.8. The van der Waals surface area contributed by atoms with Crippen LogP contribution in [0.2, 0.25) is 0 Å². The van der Waals surface area contributed by atoms with Gasteiger partial charge in [-0.05, 0) is 74.3 Å². The molecule has 0 radical (unpaired) electrons. The molecule has 8 aromatic carbocycles. The van der Waals surface area contributed by atoms with E-state index in [-0.39, 0.29) is 12.0 Å². The van der Waals surface area contributed by atoms with Crippen LogP contribution in [0.15, 0.2) is 188 Å². The van der Waals surface area contributed by atoms with Gasteiger partial charge in [0.25, 0.3) is 0 Å². The fourth-order valence-electron chi connectivity index (χ4n) is 9.18. The maximum atomic E-state index is 5.14. The fourth-order valence-corrected chi connectivity index (χ4v) is 9.18. The van der Waals surface area contributed by atoms with Gasteiger partial charge in [0.1, 0.15) is 0 Å². The van der Waals surface area contributed by atoms with Crippen molar-refractivity contribution in [1.82, 2.24) is 19.5 Å². The number of allylic oxidation sites excluding steroid dienone is 2. The molecular formula is C51H33N5. The standard InChI is InChI=1S/C51H33N5/c1-3-14-33(15-4-1)49-52-50(34-16-5-2-6-17-34)54-51(53-49)56-46-22-12-10-20-41(46)44-30-36(25-28-47(44)56)55-45-21-11-9-19-40(45)43-29-35-24-27-38-37-18-8-7-13-32(37)23-26-39(38)42(35)31-48(43)55/h1-31,40,45H. The molecular weight excluding hydrogens is 683 g/mol. The van der Waals surface area contributed by atoms with Crippen LogP contribution < -0.4 is 4.90 Å². The van der Waals surface area contributed by atoms with Gasteiger partial charge in [0, 0.05) is 39.2 Å². The van der Waals surface area contributed by atoms with E-state index < -0.39 is 0 Å². The third-order valence-corrected chi connectivity index (χ3v) is 11.7. The molecule has 12 rings (SSSR count). The summed E-state index contributed by atoms with van der Waals surface area (Å²) in [6.45, 7) is 0. The summed E-state index contributed by atoms with van der Waals surface area (Å²) in [6, 6.07) is 58.7. The van der Waals surface area contributed by atoms with E-state index in [9.17, 15) is 0 Å². The largest absolute Gasteiger partial charge is 0.333 e. The van der Waals surface area contributed by atoms with Gasteiger partial charge in [-0.25, -0.2) is 4.98 Å². The number of hydrogen-bond donors (Lipinski definition) is 0. The predicted molar refractivity (Wildman–Crippen MR) is 231 cm³/mol. The average Bonchev–Trinajstić information content (AvgIpc) is 3.78. The van der Waals surface area contributed by atoms with Crippen LogP contribution >= 0.6 is 0 Å². The second kappa shape index (κ2) is 12.1. The molecule has 5 heteroatoms. The van der Waals surface area contributed by atoms with Crippen LogP contribution in [-0.4, -0.2) is 25.6 Å². The highest BCUT2D eigenvalue weighted by molar-refractivity contribution is 6.18. The summed E-state index contributed by atoms with van der Waals surface area (Å²) in [5.41, 5.74) is 7.76. The number of benzene rings is 8. The maximum absolute atomic E-state index is 5.14. The fraction of sp³-hybridized carbons (Fsp3) is 0.0392. The molecule has 2 unspecified atom stereocenters. The van der Waals surface area contributed by atoms with E-state index >= 15 is 0 Å². The lowest BCUT2D eigenvalue weighted by Crippen LogP contribution is -2.28. The van der Waals surface area contributed by atoms with Gasteiger partial charge in [0.05, 0.1) is 17.1 Å². The predicted octanol–water partition coefficient (Wildman–Crippen LogP) is 12.5. The molecule has 262 valence electrons. The van der Waals surface area contributed by atoms with Gasteiger partial charge in [0.15, 0.2) is 11.6 Å². The van der Waals surface area contributed by atoms with Crippen LogP contribution in [0, 0.1) is 0 Å². The van der Waals surface area contributed by atoms with Gasteiger partial charge in [0.2, 0.25) is 5.95 Å². The smallest absolute Gasteiger partial charge is 0.238 e. The van der Waals surface area contributed by atoms with Crippen molar-refractivity contribution >= 4 is 65.5 Å². The third-order valence-electron chi connectivity index (χ3n) is 11.7. The van der Waals surface area contributed by atoms with Crippen LogP contribution in [0.4, 0.5) is 11.4 Å². The summed E-state index contributed by atoms with van der Waals surface area (Å²) >= 11 is 0. The lowest BCUT2D eigenvalue weighted by atomic mass is 9.89. The minimum absolute atomic E-state index is 0.162. The minimum Gasteiger partial charge on any atom is -0.333 e. The van der Waals surface area contributed by atoms with Crippen molar-refractivity contribution in [3.05, 3.63) is 194 Å². The topological polar surface area (TPSA) is 46.8 Å². The number of aromatic nitrogens is 4. The zero-order valence-electron chi connectivity index (χ0n) is 30.3. The first-order valence-corrected chi connectivity index (χ1v) is 19.2. The Morgan fingerprint density at radius 3 is 1.86 bits per heavy atom. The van der Waals surface area contributed by atoms with Gasteiger partial charge < -0.3 is 4.90 Å². The van der Waals surface area contributed by atoms with E-state index in [1.165, 1.54) is 43.6 Å². The number of rotatable bonds is 4. The summed E-state index contributed by atoms with van der Waals surface area (Å²) < 4.78 is 2.20. The molecule has 2 aliphatic rings. The Balaban J connectivity index is 1.07. The van der Waals surface area contributed by atoms with Gasteiger partial charge in [-0.3, -0.25) is 4.57 Å². The van der Waals surface area contributed by atoms with Crippen LogP contribution in [0.3, 0.4) is 0 Å². The van der Waals surface area contributed by atoms with Crippen LogP contribution in [0.25, 0.3) is 82.8 Å². The van der Waals surface area contributed by atoms with E-state index in [1.807, 2.05) is 36.4 Å². The third kappa shape index (κ3) is 4.64. The highest BCUT2D eigenvalue weighted by Crippen LogP contribution is 2.50. The van der Waals surface area contributed by atoms with Crippen molar-refractivity contribution in [2.24, 2.45) is 0 Å². The molecule has 1 aliphatic heterocycles. The molecule has 0 spiro atoms. The van der Waals surface area contributed by atoms with Gasteiger partial charge in [-0.2, -0.15) is 9.97 Å². The highest BCUT2D eigenvalue weighted by Gasteiger charge is 2.38. The van der Waals surface area contributed by atoms with Crippen LogP contribution in [-0.2, 0) is 0 Å². The number of para-hydroxylation sites is 1. The van der Waals surface area contributed by atoms with E-state index in [4.69, 9.17) is 15.0 Å². The first-order chi connectivity index (χ1) is 27.8. The molecule has 5 nitrogen and oxygen atoms in total. The molecule has 10 aromatic rings. The molecule has 56 heavy (non-hydrogen) atoms. The van der Waals surface area contributed by atoms with Crippen molar-refractivity contribution in [3.63, 3.8) is 0 Å². The molecule has 0 saturated heterocycles.